The standard InChI is InChI=1S/C22H32O3/c1-21-9-7-19-20(18(21)5-4-15(21)13-24)14(12-23)10-16-11-17(25-3)6-8-22(16,19)2/h10,12-15,17-20H,4-9,11H2,1-3H3/t14?,15?,17-,18-,19-,20-,21+,22-/m0/s1. The van der Waals surface area contributed by atoms with Crippen molar-refractivity contribution in [1.82, 2.24) is 0 Å². The van der Waals surface area contributed by atoms with Gasteiger partial charge in [-0.3, -0.25) is 0 Å². The van der Waals surface area contributed by atoms with Gasteiger partial charge >= 0.3 is 0 Å². The van der Waals surface area contributed by atoms with Crippen LogP contribution in [0.5, 0.6) is 0 Å². The van der Waals surface area contributed by atoms with Crippen molar-refractivity contribution in [3.63, 3.8) is 0 Å². The first-order valence-corrected chi connectivity index (χ1v) is 10.1. The van der Waals surface area contributed by atoms with Gasteiger partial charge in [-0.1, -0.05) is 25.5 Å². The predicted molar refractivity (Wildman–Crippen MR) is 97.0 cm³/mol. The molecule has 2 unspecified atom stereocenters. The average Bonchev–Trinajstić information content (AvgIpc) is 2.96. The number of aldehydes is 2. The van der Waals surface area contributed by atoms with Gasteiger partial charge in [-0.2, -0.15) is 0 Å². The molecule has 4 aliphatic rings. The van der Waals surface area contributed by atoms with Crippen LogP contribution in [0.2, 0.25) is 0 Å². The van der Waals surface area contributed by atoms with Crippen LogP contribution in [0.15, 0.2) is 11.6 Å². The number of ether oxygens (including phenoxy) is 1. The SMILES string of the molecule is CO[C@H]1CC[C@@]2(C)C(=CC(C=O)[C@@H]3[C@@H]2CC[C@]2(C)C(C=O)CC[C@@H]32)C1. The molecule has 0 amide bonds. The first-order valence-electron chi connectivity index (χ1n) is 10.1. The highest BCUT2D eigenvalue weighted by Crippen LogP contribution is 2.66. The fourth-order valence-electron chi connectivity index (χ4n) is 7.30. The summed E-state index contributed by atoms with van der Waals surface area (Å²) in [5, 5.41) is 0. The minimum atomic E-state index is 0.0266. The van der Waals surface area contributed by atoms with Gasteiger partial charge in [0.05, 0.1) is 6.10 Å². The maximum atomic E-state index is 12.0. The summed E-state index contributed by atoms with van der Waals surface area (Å²) in [6.07, 6.45) is 12.7. The Balaban J connectivity index is 1.73. The molecule has 0 N–H and O–H groups in total. The maximum Gasteiger partial charge on any atom is 0.127 e. The van der Waals surface area contributed by atoms with Crippen molar-refractivity contribution in [2.45, 2.75) is 64.9 Å². The van der Waals surface area contributed by atoms with Crippen LogP contribution in [0.3, 0.4) is 0 Å². The average molecular weight is 344 g/mol. The van der Waals surface area contributed by atoms with Crippen molar-refractivity contribution >= 4 is 12.6 Å². The topological polar surface area (TPSA) is 43.4 Å². The molecule has 0 aromatic rings. The zero-order valence-corrected chi connectivity index (χ0v) is 15.9. The Morgan fingerprint density at radius 1 is 1.04 bits per heavy atom. The first kappa shape index (κ1) is 17.5. The summed E-state index contributed by atoms with van der Waals surface area (Å²) in [6.45, 7) is 4.77. The second-order valence-electron chi connectivity index (χ2n) is 9.58. The summed E-state index contributed by atoms with van der Waals surface area (Å²) >= 11 is 0. The molecule has 4 aliphatic carbocycles. The number of hydrogen-bond acceptors (Lipinski definition) is 3. The molecule has 0 aromatic heterocycles. The van der Waals surface area contributed by atoms with E-state index >= 15 is 0 Å². The summed E-state index contributed by atoms with van der Waals surface area (Å²) < 4.78 is 5.64. The predicted octanol–water partition coefficient (Wildman–Crippen LogP) is 4.20. The Labute approximate surface area is 151 Å². The van der Waals surface area contributed by atoms with Crippen LogP contribution in [-0.2, 0) is 14.3 Å². The van der Waals surface area contributed by atoms with Gasteiger partial charge in [0.1, 0.15) is 12.6 Å². The third-order valence-corrected chi connectivity index (χ3v) is 8.88. The zero-order chi connectivity index (χ0) is 17.8. The fraction of sp³-hybridized carbons (Fsp3) is 0.818. The molecule has 4 rings (SSSR count). The number of methoxy groups -OCH3 is 1. The minimum absolute atomic E-state index is 0.0266. The monoisotopic (exact) mass is 344 g/mol. The smallest absolute Gasteiger partial charge is 0.127 e. The molecule has 0 spiro atoms. The van der Waals surface area contributed by atoms with Crippen LogP contribution < -0.4 is 0 Å². The lowest BCUT2D eigenvalue weighted by Crippen LogP contribution is -2.53. The molecule has 25 heavy (non-hydrogen) atoms. The molecular weight excluding hydrogens is 312 g/mol. The Morgan fingerprint density at radius 3 is 2.52 bits per heavy atom. The molecule has 3 heteroatoms. The van der Waals surface area contributed by atoms with Crippen LogP contribution in [-0.4, -0.2) is 25.8 Å². The number of rotatable bonds is 3. The molecule has 0 heterocycles. The molecular formula is C22H32O3. The van der Waals surface area contributed by atoms with E-state index in [0.717, 1.165) is 38.5 Å². The Hall–Kier alpha value is -0.960. The highest BCUT2D eigenvalue weighted by atomic mass is 16.5. The van der Waals surface area contributed by atoms with Crippen molar-refractivity contribution in [3.8, 4) is 0 Å². The molecule has 138 valence electrons. The fourth-order valence-corrected chi connectivity index (χ4v) is 7.30. The van der Waals surface area contributed by atoms with Crippen molar-refractivity contribution in [2.75, 3.05) is 7.11 Å². The number of fused-ring (bicyclic) bond motifs is 5. The van der Waals surface area contributed by atoms with Crippen molar-refractivity contribution in [1.29, 1.82) is 0 Å². The highest BCUT2D eigenvalue weighted by Gasteiger charge is 2.60. The van der Waals surface area contributed by atoms with E-state index in [1.54, 1.807) is 7.11 Å². The largest absolute Gasteiger partial charge is 0.381 e. The van der Waals surface area contributed by atoms with Gasteiger partial charge in [0.2, 0.25) is 0 Å². The van der Waals surface area contributed by atoms with E-state index in [4.69, 9.17) is 4.74 Å². The van der Waals surface area contributed by atoms with Crippen LogP contribution >= 0.6 is 0 Å². The second kappa shape index (κ2) is 6.04. The molecule has 0 aromatic carbocycles. The zero-order valence-electron chi connectivity index (χ0n) is 15.9. The summed E-state index contributed by atoms with van der Waals surface area (Å²) in [5.41, 5.74) is 1.80. The Morgan fingerprint density at radius 2 is 1.84 bits per heavy atom. The Kier molecular flexibility index (Phi) is 4.22. The summed E-state index contributed by atoms with van der Waals surface area (Å²) in [6, 6.07) is 0. The van der Waals surface area contributed by atoms with Crippen LogP contribution in [0.1, 0.15) is 58.8 Å². The van der Waals surface area contributed by atoms with E-state index in [1.807, 2.05) is 0 Å². The minimum Gasteiger partial charge on any atom is -0.381 e. The van der Waals surface area contributed by atoms with E-state index < -0.39 is 0 Å². The van der Waals surface area contributed by atoms with Gasteiger partial charge < -0.3 is 14.3 Å². The summed E-state index contributed by atoms with van der Waals surface area (Å²) in [5.74, 6) is 1.75. The third kappa shape index (κ3) is 2.34. The second-order valence-corrected chi connectivity index (χ2v) is 9.58. The molecule has 0 saturated heterocycles. The van der Waals surface area contributed by atoms with Gasteiger partial charge in [0, 0.05) is 18.9 Å². The van der Waals surface area contributed by atoms with Gasteiger partial charge in [-0.15, -0.1) is 0 Å². The quantitative estimate of drug-likeness (QED) is 0.569. The van der Waals surface area contributed by atoms with Crippen molar-refractivity contribution in [2.24, 2.45) is 40.4 Å². The number of hydrogen-bond donors (Lipinski definition) is 0. The van der Waals surface area contributed by atoms with Crippen LogP contribution in [0.4, 0.5) is 0 Å². The van der Waals surface area contributed by atoms with E-state index in [-0.39, 0.29) is 22.7 Å². The number of carbonyl (C=O) groups excluding carboxylic acids is 2. The first-order chi connectivity index (χ1) is 12.0. The van der Waals surface area contributed by atoms with Gasteiger partial charge in [-0.05, 0) is 73.5 Å². The number of allylic oxidation sites excluding steroid dienone is 1. The van der Waals surface area contributed by atoms with Gasteiger partial charge in [-0.25, -0.2) is 0 Å². The molecule has 3 nitrogen and oxygen atoms in total. The Bertz CT molecular complexity index is 596. The van der Waals surface area contributed by atoms with E-state index in [1.165, 1.54) is 24.6 Å². The normalized spacial score (nSPS) is 51.7. The van der Waals surface area contributed by atoms with Crippen LogP contribution in [0, 0.1) is 40.4 Å². The lowest BCUT2D eigenvalue weighted by Gasteiger charge is -2.59. The lowest BCUT2D eigenvalue weighted by molar-refractivity contribution is -0.124. The van der Waals surface area contributed by atoms with E-state index in [0.29, 0.717) is 23.9 Å². The molecule has 8 atom stereocenters. The molecule has 0 radical (unpaired) electrons. The lowest BCUT2D eigenvalue weighted by atomic mass is 9.45. The maximum absolute atomic E-state index is 12.0. The molecule has 0 aliphatic heterocycles. The van der Waals surface area contributed by atoms with Gasteiger partial charge in [0.15, 0.2) is 0 Å². The van der Waals surface area contributed by atoms with E-state index in [2.05, 4.69) is 19.9 Å². The van der Waals surface area contributed by atoms with Crippen LogP contribution in [0.25, 0.3) is 0 Å². The number of carbonyl (C=O) groups is 2. The summed E-state index contributed by atoms with van der Waals surface area (Å²) in [7, 11) is 1.81. The molecule has 3 fully saturated rings. The third-order valence-electron chi connectivity index (χ3n) is 8.88. The van der Waals surface area contributed by atoms with Crippen molar-refractivity contribution < 1.29 is 14.3 Å². The molecule has 0 bridgehead atoms. The highest BCUT2D eigenvalue weighted by molar-refractivity contribution is 5.60. The van der Waals surface area contributed by atoms with Gasteiger partial charge in [0.25, 0.3) is 0 Å². The summed E-state index contributed by atoms with van der Waals surface area (Å²) in [4.78, 5) is 23.7. The van der Waals surface area contributed by atoms with Crippen molar-refractivity contribution in [3.05, 3.63) is 11.6 Å². The van der Waals surface area contributed by atoms with E-state index in [9.17, 15) is 9.59 Å². The molecule has 3 saturated carbocycles.